The van der Waals surface area contributed by atoms with E-state index in [0.717, 1.165) is 12.1 Å². The van der Waals surface area contributed by atoms with Gasteiger partial charge in [0.25, 0.3) is 5.91 Å². The second-order valence-corrected chi connectivity index (χ2v) is 6.56. The number of amides is 1. The Hall–Kier alpha value is -3.75. The van der Waals surface area contributed by atoms with Gasteiger partial charge in [0.1, 0.15) is 18.2 Å². The Bertz CT molecular complexity index is 1070. The topological polar surface area (TPSA) is 74.7 Å². The maximum atomic E-state index is 12.8. The predicted molar refractivity (Wildman–Crippen MR) is 104 cm³/mol. The van der Waals surface area contributed by atoms with Gasteiger partial charge in [-0.25, -0.2) is 4.98 Å². The molecule has 0 spiro atoms. The van der Waals surface area contributed by atoms with Gasteiger partial charge in [0.15, 0.2) is 5.75 Å². The van der Waals surface area contributed by atoms with Crippen LogP contribution in [0.3, 0.4) is 0 Å². The van der Waals surface area contributed by atoms with Crippen LogP contribution in [0.15, 0.2) is 60.8 Å². The Balaban J connectivity index is 1.60. The van der Waals surface area contributed by atoms with Gasteiger partial charge in [0.05, 0.1) is 29.6 Å². The Labute approximate surface area is 169 Å². The number of hydrogen-bond acceptors (Lipinski definition) is 5. The number of anilines is 3. The Morgan fingerprint density at radius 1 is 1.10 bits per heavy atom. The molecule has 0 atom stereocenters. The number of ether oxygens (including phenoxy) is 1. The predicted octanol–water partition coefficient (Wildman–Crippen LogP) is 4.59. The van der Waals surface area contributed by atoms with Gasteiger partial charge < -0.3 is 20.1 Å². The summed E-state index contributed by atoms with van der Waals surface area (Å²) in [6.45, 7) is 0.800. The number of halogens is 3. The van der Waals surface area contributed by atoms with Gasteiger partial charge in [-0.15, -0.1) is 0 Å². The first kappa shape index (κ1) is 19.6. The smallest absolute Gasteiger partial charge is 0.416 e. The van der Waals surface area contributed by atoms with Crippen molar-refractivity contribution >= 4 is 23.1 Å². The molecule has 1 aromatic heterocycles. The van der Waals surface area contributed by atoms with Crippen LogP contribution in [-0.2, 0) is 6.18 Å². The van der Waals surface area contributed by atoms with Crippen molar-refractivity contribution in [1.82, 2.24) is 4.98 Å². The van der Waals surface area contributed by atoms with E-state index >= 15 is 0 Å². The van der Waals surface area contributed by atoms with Crippen LogP contribution in [0.2, 0.25) is 0 Å². The minimum absolute atomic E-state index is 0.0388. The van der Waals surface area contributed by atoms with Crippen molar-refractivity contribution in [3.63, 3.8) is 0 Å². The molecule has 1 amide bonds. The van der Waals surface area contributed by atoms with E-state index < -0.39 is 17.6 Å². The van der Waals surface area contributed by atoms with E-state index in [0.29, 0.717) is 30.4 Å². The Kier molecular flexibility index (Phi) is 4.94. The SMILES string of the molecule is O=C(Nc1ccc(C(F)(F)F)cc1)c1cccc2c1OCCN2c1ccc(O)cn1. The monoisotopic (exact) mass is 415 g/mol. The minimum Gasteiger partial charge on any atom is -0.506 e. The third-order valence-corrected chi connectivity index (χ3v) is 4.57. The van der Waals surface area contributed by atoms with Gasteiger partial charge in [-0.2, -0.15) is 13.2 Å². The fraction of sp³-hybridized carbons (Fsp3) is 0.143. The van der Waals surface area contributed by atoms with E-state index in [1.165, 1.54) is 24.4 Å². The molecule has 0 radical (unpaired) electrons. The van der Waals surface area contributed by atoms with E-state index in [9.17, 15) is 23.1 Å². The van der Waals surface area contributed by atoms with E-state index in [1.54, 1.807) is 24.3 Å². The number of para-hydroxylation sites is 1. The lowest BCUT2D eigenvalue weighted by Crippen LogP contribution is -2.30. The molecule has 2 heterocycles. The van der Waals surface area contributed by atoms with E-state index in [1.807, 2.05) is 4.90 Å². The lowest BCUT2D eigenvalue weighted by molar-refractivity contribution is -0.137. The number of alkyl halides is 3. The molecule has 0 unspecified atom stereocenters. The molecule has 0 saturated carbocycles. The van der Waals surface area contributed by atoms with Crippen molar-refractivity contribution in [3.8, 4) is 11.5 Å². The largest absolute Gasteiger partial charge is 0.506 e. The van der Waals surface area contributed by atoms with E-state index in [4.69, 9.17) is 4.74 Å². The molecule has 0 fully saturated rings. The van der Waals surface area contributed by atoms with E-state index in [2.05, 4.69) is 10.3 Å². The van der Waals surface area contributed by atoms with E-state index in [-0.39, 0.29) is 17.0 Å². The summed E-state index contributed by atoms with van der Waals surface area (Å²) in [4.78, 5) is 18.8. The number of pyridine rings is 1. The van der Waals surface area contributed by atoms with Crippen LogP contribution in [0.25, 0.3) is 0 Å². The summed E-state index contributed by atoms with van der Waals surface area (Å²) >= 11 is 0. The number of benzene rings is 2. The molecule has 6 nitrogen and oxygen atoms in total. The maximum Gasteiger partial charge on any atom is 0.416 e. The number of nitrogens with zero attached hydrogens (tertiary/aromatic N) is 2. The molecule has 0 saturated heterocycles. The normalized spacial score (nSPS) is 13.4. The zero-order valence-electron chi connectivity index (χ0n) is 15.5. The van der Waals surface area contributed by atoms with Gasteiger partial charge in [-0.3, -0.25) is 4.79 Å². The lowest BCUT2D eigenvalue weighted by Gasteiger charge is -2.31. The molecular formula is C21H16F3N3O3. The number of fused-ring (bicyclic) bond motifs is 1. The summed E-state index contributed by atoms with van der Waals surface area (Å²) in [5.74, 6) is 0.463. The number of aromatic hydroxyl groups is 1. The average Bonchev–Trinajstić information content (AvgIpc) is 2.73. The molecule has 1 aliphatic rings. The summed E-state index contributed by atoms with van der Waals surface area (Å²) in [5.41, 5.74) is 0.312. The van der Waals surface area contributed by atoms with Crippen LogP contribution in [0.5, 0.6) is 11.5 Å². The molecular weight excluding hydrogens is 399 g/mol. The molecule has 0 aliphatic carbocycles. The van der Waals surface area contributed by atoms with Crippen molar-refractivity contribution in [1.29, 1.82) is 0 Å². The maximum absolute atomic E-state index is 12.8. The van der Waals surface area contributed by atoms with Crippen LogP contribution in [0.4, 0.5) is 30.4 Å². The molecule has 4 rings (SSSR count). The molecule has 2 aromatic carbocycles. The number of carbonyl (C=O) groups excluding carboxylic acids is 1. The zero-order valence-corrected chi connectivity index (χ0v) is 15.5. The molecule has 30 heavy (non-hydrogen) atoms. The van der Waals surface area contributed by atoms with Gasteiger partial charge >= 0.3 is 6.18 Å². The number of rotatable bonds is 3. The van der Waals surface area contributed by atoms with Gasteiger partial charge in [0, 0.05) is 5.69 Å². The van der Waals surface area contributed by atoms with Gasteiger partial charge in [-0.05, 0) is 48.5 Å². The molecule has 0 bridgehead atoms. The van der Waals surface area contributed by atoms with Crippen LogP contribution in [-0.4, -0.2) is 29.1 Å². The van der Waals surface area contributed by atoms with Crippen molar-refractivity contribution in [3.05, 3.63) is 71.9 Å². The lowest BCUT2D eigenvalue weighted by atomic mass is 10.1. The third-order valence-electron chi connectivity index (χ3n) is 4.57. The number of nitrogens with one attached hydrogen (secondary N) is 1. The molecule has 3 aromatic rings. The van der Waals surface area contributed by atoms with Gasteiger partial charge in [-0.1, -0.05) is 6.07 Å². The first-order valence-corrected chi connectivity index (χ1v) is 9.00. The first-order valence-electron chi connectivity index (χ1n) is 9.00. The molecule has 154 valence electrons. The average molecular weight is 415 g/mol. The molecule has 1 aliphatic heterocycles. The highest BCUT2D eigenvalue weighted by molar-refractivity contribution is 6.07. The summed E-state index contributed by atoms with van der Waals surface area (Å²) in [5, 5.41) is 12.0. The number of hydrogen-bond donors (Lipinski definition) is 2. The van der Waals surface area contributed by atoms with Crippen molar-refractivity contribution in [2.75, 3.05) is 23.4 Å². The highest BCUT2D eigenvalue weighted by Crippen LogP contribution is 2.39. The first-order chi connectivity index (χ1) is 14.3. The number of carbonyl (C=O) groups is 1. The summed E-state index contributed by atoms with van der Waals surface area (Å²) in [6.07, 6.45) is -3.12. The van der Waals surface area contributed by atoms with Gasteiger partial charge in [0.2, 0.25) is 0 Å². The Morgan fingerprint density at radius 2 is 1.87 bits per heavy atom. The highest BCUT2D eigenvalue weighted by Gasteiger charge is 2.30. The number of aromatic nitrogens is 1. The van der Waals surface area contributed by atoms with Crippen LogP contribution < -0.4 is 15.0 Å². The van der Waals surface area contributed by atoms with Crippen LogP contribution in [0, 0.1) is 0 Å². The second kappa shape index (κ2) is 7.58. The van der Waals surface area contributed by atoms with Crippen molar-refractivity contribution < 1.29 is 27.8 Å². The zero-order chi connectivity index (χ0) is 21.3. The molecule has 9 heteroatoms. The highest BCUT2D eigenvalue weighted by atomic mass is 19.4. The quantitative estimate of drug-likeness (QED) is 0.655. The van der Waals surface area contributed by atoms with Crippen LogP contribution in [0.1, 0.15) is 15.9 Å². The minimum atomic E-state index is -4.44. The fourth-order valence-electron chi connectivity index (χ4n) is 3.14. The molecule has 2 N–H and O–H groups in total. The summed E-state index contributed by atoms with van der Waals surface area (Å²) in [7, 11) is 0. The third kappa shape index (κ3) is 3.86. The second-order valence-electron chi connectivity index (χ2n) is 6.56. The Morgan fingerprint density at radius 3 is 2.53 bits per heavy atom. The summed E-state index contributed by atoms with van der Waals surface area (Å²) < 4.78 is 43.8. The summed E-state index contributed by atoms with van der Waals surface area (Å²) in [6, 6.07) is 12.4. The fourth-order valence-corrected chi connectivity index (χ4v) is 3.14. The standard InChI is InChI=1S/C21H16F3N3O3/c22-21(23,24)13-4-6-14(7-5-13)26-20(29)16-2-1-3-17-19(16)30-11-10-27(17)18-9-8-15(28)12-25-18/h1-9,12,28H,10-11H2,(H,26,29). The van der Waals surface area contributed by atoms with Crippen molar-refractivity contribution in [2.24, 2.45) is 0 Å². The van der Waals surface area contributed by atoms with Crippen LogP contribution >= 0.6 is 0 Å². The van der Waals surface area contributed by atoms with Crippen molar-refractivity contribution in [2.45, 2.75) is 6.18 Å².